The molecule has 9 heteroatoms. The zero-order chi connectivity index (χ0) is 49.3. The van der Waals surface area contributed by atoms with Crippen LogP contribution in [0.15, 0.2) is 70.5 Å². The van der Waals surface area contributed by atoms with E-state index in [1.54, 1.807) is 24.3 Å². The van der Waals surface area contributed by atoms with Crippen LogP contribution in [0.3, 0.4) is 0 Å². The summed E-state index contributed by atoms with van der Waals surface area (Å²) in [6.07, 6.45) is 44.2. The Morgan fingerprint density at radius 2 is 0.551 bits per heavy atom. The second kappa shape index (κ2) is 38.4. The van der Waals surface area contributed by atoms with Crippen molar-refractivity contribution in [1.82, 2.24) is 0 Å². The van der Waals surface area contributed by atoms with Crippen molar-refractivity contribution in [1.29, 1.82) is 0 Å². The molecule has 0 aliphatic heterocycles. The molecule has 0 atom stereocenters. The molecule has 0 heterocycles. The first-order chi connectivity index (χ1) is 32.9. The summed E-state index contributed by atoms with van der Waals surface area (Å²) < 4.78 is 70.8. The number of rotatable bonds is 38. The summed E-state index contributed by atoms with van der Waals surface area (Å²) in [5.74, 6) is 0. The summed E-state index contributed by atoms with van der Waals surface area (Å²) in [5.41, 5.74) is 4.67. The molecule has 4 rings (SSSR count). The first-order valence-electron chi connectivity index (χ1n) is 27.9. The van der Waals surface area contributed by atoms with E-state index in [1.807, 2.05) is 24.3 Å². The van der Waals surface area contributed by atoms with Crippen molar-refractivity contribution in [2.24, 2.45) is 0 Å². The van der Waals surface area contributed by atoms with Gasteiger partial charge in [-0.1, -0.05) is 244 Å². The molecule has 0 radical (unpaired) electrons. The van der Waals surface area contributed by atoms with Crippen LogP contribution >= 0.6 is 0 Å². The molecule has 0 unspecified atom stereocenters. The Morgan fingerprint density at radius 3 is 0.797 bits per heavy atom. The minimum absolute atomic E-state index is 0. The van der Waals surface area contributed by atoms with Gasteiger partial charge in [-0.2, -0.15) is 0 Å². The third-order valence-electron chi connectivity index (χ3n) is 14.0. The first kappa shape index (κ1) is 63.9. The fourth-order valence-electron chi connectivity index (χ4n) is 10.0. The zero-order valence-corrected chi connectivity index (χ0v) is 50.3. The van der Waals surface area contributed by atoms with Gasteiger partial charge in [-0.25, -0.2) is 16.8 Å². The molecule has 4 aromatic carbocycles. The molecule has 0 saturated carbocycles. The van der Waals surface area contributed by atoms with E-state index >= 15 is 0 Å². The molecule has 0 aliphatic carbocycles. The van der Waals surface area contributed by atoms with Gasteiger partial charge >= 0.3 is 48.9 Å². The molecule has 0 saturated heterocycles. The number of hydrogen-bond donors (Lipinski definition) is 0. The molecule has 0 fully saturated rings. The van der Waals surface area contributed by atoms with Gasteiger partial charge in [-0.15, -0.1) is 0 Å². The molecule has 384 valence electrons. The maximum atomic E-state index is 11.8. The third kappa shape index (κ3) is 26.5. The molecule has 0 bridgehead atoms. The van der Waals surface area contributed by atoms with E-state index in [1.165, 1.54) is 189 Å². The quantitative estimate of drug-likeness (QED) is 0.0251. The van der Waals surface area contributed by atoms with E-state index in [0.29, 0.717) is 0 Å². The summed E-state index contributed by atoms with van der Waals surface area (Å²) in [5, 5.41) is 4.15. The van der Waals surface area contributed by atoms with Gasteiger partial charge in [0.25, 0.3) is 0 Å². The van der Waals surface area contributed by atoms with Crippen LogP contribution in [0.5, 0.6) is 0 Å². The molecule has 4 aromatic rings. The molecule has 0 N–H and O–H groups in total. The Balaban J connectivity index is 0.000000467. The van der Waals surface area contributed by atoms with E-state index < -0.39 is 20.2 Å². The summed E-state index contributed by atoms with van der Waals surface area (Å²) >= 11 is 0. The van der Waals surface area contributed by atoms with Crippen LogP contribution in [0.1, 0.15) is 255 Å². The minimum atomic E-state index is -4.46. The molecule has 69 heavy (non-hydrogen) atoms. The summed E-state index contributed by atoms with van der Waals surface area (Å²) in [4.78, 5) is -0.169. The minimum Gasteiger partial charge on any atom is -0.744 e. The summed E-state index contributed by atoms with van der Waals surface area (Å²) in [7, 11) is -8.92. The van der Waals surface area contributed by atoms with Crippen LogP contribution in [0.25, 0.3) is 21.5 Å². The maximum Gasteiger partial charge on any atom is 2.00 e. The number of hydrogen-bond acceptors (Lipinski definition) is 6. The van der Waals surface area contributed by atoms with E-state index in [0.717, 1.165) is 86.1 Å². The van der Waals surface area contributed by atoms with Gasteiger partial charge in [0.05, 0.1) is 9.79 Å². The van der Waals surface area contributed by atoms with Crippen molar-refractivity contribution in [3.8, 4) is 0 Å². The Morgan fingerprint density at radius 1 is 0.319 bits per heavy atom. The Bertz CT molecular complexity index is 2030. The van der Waals surface area contributed by atoms with Crippen molar-refractivity contribution in [3.05, 3.63) is 82.9 Å². The van der Waals surface area contributed by atoms with Crippen molar-refractivity contribution >= 4 is 90.7 Å². The Hall–Kier alpha value is -1.21. The molecule has 6 nitrogen and oxygen atoms in total. The van der Waals surface area contributed by atoms with Crippen LogP contribution in [0, 0.1) is 0 Å². The van der Waals surface area contributed by atoms with E-state index in [4.69, 9.17) is 0 Å². The van der Waals surface area contributed by atoms with Crippen molar-refractivity contribution in [3.63, 3.8) is 0 Å². The van der Waals surface area contributed by atoms with Crippen molar-refractivity contribution in [2.75, 3.05) is 0 Å². The third-order valence-corrected chi connectivity index (χ3v) is 15.6. The van der Waals surface area contributed by atoms with Gasteiger partial charge in [-0.3, -0.25) is 0 Å². The van der Waals surface area contributed by atoms with E-state index in [2.05, 4.69) is 39.8 Å². The fourth-order valence-corrected chi connectivity index (χ4v) is 11.2. The molecule has 0 aromatic heterocycles. The number of fused-ring (bicyclic) bond motifs is 2. The largest absolute Gasteiger partial charge is 2.00 e. The molecular formula is C60H94BaO6S2. The molecule has 0 amide bonds. The van der Waals surface area contributed by atoms with Gasteiger partial charge in [0, 0.05) is 0 Å². The predicted molar refractivity (Wildman–Crippen MR) is 295 cm³/mol. The first-order valence-corrected chi connectivity index (χ1v) is 30.8. The van der Waals surface area contributed by atoms with E-state index in [9.17, 15) is 25.9 Å². The van der Waals surface area contributed by atoms with Crippen LogP contribution in [0.4, 0.5) is 0 Å². The standard InChI is InChI=1S/2C30H48O3S.Ba/c2*1-3-5-7-9-11-13-15-17-20-26-22-19-23-28-25-29(34(31,32)33)24-27(30(26)28)21-18-16-14-12-10-8-6-4-2;/h2*19,22-25H,3-18,20-21H2,1-2H3,(H,31,32,33);/q;;+2/p-2. The fraction of sp³-hybridized carbons (Fsp3) is 0.667. The van der Waals surface area contributed by atoms with Crippen molar-refractivity contribution in [2.45, 2.75) is 269 Å². The topological polar surface area (TPSA) is 114 Å². The van der Waals surface area contributed by atoms with Crippen LogP contribution in [-0.2, 0) is 45.9 Å². The second-order valence-electron chi connectivity index (χ2n) is 20.0. The Kier molecular flexibility index (Phi) is 35.5. The molecule has 0 aliphatic rings. The van der Waals surface area contributed by atoms with Crippen LogP contribution in [-0.4, -0.2) is 74.8 Å². The summed E-state index contributed by atoms with van der Waals surface area (Å²) in [6, 6.07) is 18.8. The zero-order valence-electron chi connectivity index (χ0n) is 44.2. The maximum absolute atomic E-state index is 11.8. The van der Waals surface area contributed by atoms with Crippen LogP contribution in [0.2, 0.25) is 0 Å². The Labute approximate surface area is 463 Å². The smallest absolute Gasteiger partial charge is 0.744 e. The number of unbranched alkanes of at least 4 members (excludes halogenated alkanes) is 28. The van der Waals surface area contributed by atoms with Gasteiger partial charge < -0.3 is 9.11 Å². The number of benzene rings is 4. The van der Waals surface area contributed by atoms with Crippen molar-refractivity contribution < 1.29 is 25.9 Å². The summed E-state index contributed by atoms with van der Waals surface area (Å²) in [6.45, 7) is 8.98. The molecule has 0 spiro atoms. The normalized spacial score (nSPS) is 11.8. The second-order valence-corrected chi connectivity index (χ2v) is 22.8. The molecular weight excluding hydrogens is 1020 g/mol. The van der Waals surface area contributed by atoms with Gasteiger partial charge in [-0.05, 0) is 119 Å². The van der Waals surface area contributed by atoms with Gasteiger partial charge in [0.15, 0.2) is 0 Å². The van der Waals surface area contributed by atoms with Gasteiger partial charge in [0.2, 0.25) is 0 Å². The van der Waals surface area contributed by atoms with Crippen LogP contribution < -0.4 is 0 Å². The van der Waals surface area contributed by atoms with E-state index in [-0.39, 0.29) is 58.7 Å². The van der Waals surface area contributed by atoms with Gasteiger partial charge in [0.1, 0.15) is 20.2 Å². The average Bonchev–Trinajstić information content (AvgIpc) is 3.31. The predicted octanol–water partition coefficient (Wildman–Crippen LogP) is 17.8. The SMILES string of the molecule is CCCCCCCCCCc1cccc2cc(S(=O)(=O)[O-])cc(CCCCCCCCCC)c12.CCCCCCCCCCc1cccc2cc(S(=O)(=O)[O-])cc(CCCCCCCCCC)c12.[Ba+2]. The monoisotopic (exact) mass is 1110 g/mol. The average molecular weight is 1110 g/mol. The number of aryl methyl sites for hydroxylation is 4.